The Kier molecular flexibility index (Phi) is 2.76. The summed E-state index contributed by atoms with van der Waals surface area (Å²) in [6.07, 6.45) is 2.12. The van der Waals surface area contributed by atoms with Gasteiger partial charge in [-0.15, -0.1) is 0 Å². The SMILES string of the molecule is CC(=O)Cc1ccc(Br)cn1. The van der Waals surface area contributed by atoms with Crippen molar-refractivity contribution in [3.63, 3.8) is 0 Å². The van der Waals surface area contributed by atoms with Crippen molar-refractivity contribution in [2.24, 2.45) is 0 Å². The van der Waals surface area contributed by atoms with Crippen molar-refractivity contribution in [1.82, 2.24) is 4.98 Å². The largest absolute Gasteiger partial charge is 0.300 e. The van der Waals surface area contributed by atoms with E-state index in [-0.39, 0.29) is 5.78 Å². The molecule has 1 aromatic rings. The minimum atomic E-state index is 0.139. The van der Waals surface area contributed by atoms with E-state index >= 15 is 0 Å². The number of rotatable bonds is 2. The van der Waals surface area contributed by atoms with Gasteiger partial charge in [-0.05, 0) is 35.0 Å². The number of nitrogens with zero attached hydrogens (tertiary/aromatic N) is 1. The second kappa shape index (κ2) is 3.62. The van der Waals surface area contributed by atoms with Crippen LogP contribution in [0.15, 0.2) is 22.8 Å². The summed E-state index contributed by atoms with van der Waals surface area (Å²) in [7, 11) is 0. The molecular formula is C8H8BrNO. The maximum Gasteiger partial charge on any atom is 0.135 e. The molecule has 0 aliphatic carbocycles. The molecule has 0 aliphatic rings. The van der Waals surface area contributed by atoms with Crippen LogP contribution in [0.3, 0.4) is 0 Å². The molecule has 0 saturated carbocycles. The zero-order valence-electron chi connectivity index (χ0n) is 6.17. The Morgan fingerprint density at radius 2 is 2.36 bits per heavy atom. The second-order valence-electron chi connectivity index (χ2n) is 2.35. The minimum absolute atomic E-state index is 0.139. The summed E-state index contributed by atoms with van der Waals surface area (Å²) in [6.45, 7) is 1.56. The molecule has 1 aromatic heterocycles. The van der Waals surface area contributed by atoms with Gasteiger partial charge in [-0.2, -0.15) is 0 Å². The van der Waals surface area contributed by atoms with E-state index in [0.29, 0.717) is 6.42 Å². The van der Waals surface area contributed by atoms with Gasteiger partial charge in [-0.1, -0.05) is 0 Å². The molecule has 0 N–H and O–H groups in total. The molecule has 11 heavy (non-hydrogen) atoms. The molecule has 1 heterocycles. The lowest BCUT2D eigenvalue weighted by Crippen LogP contribution is -1.97. The quantitative estimate of drug-likeness (QED) is 0.753. The van der Waals surface area contributed by atoms with Crippen LogP contribution in [0.4, 0.5) is 0 Å². The number of hydrogen-bond acceptors (Lipinski definition) is 2. The number of halogens is 1. The zero-order valence-corrected chi connectivity index (χ0v) is 7.76. The third-order valence-corrected chi connectivity index (χ3v) is 1.69. The molecule has 3 heteroatoms. The van der Waals surface area contributed by atoms with Gasteiger partial charge in [0.15, 0.2) is 0 Å². The van der Waals surface area contributed by atoms with Gasteiger partial charge < -0.3 is 0 Å². The van der Waals surface area contributed by atoms with Crippen LogP contribution in [0, 0.1) is 0 Å². The predicted octanol–water partition coefficient (Wildman–Crippen LogP) is 1.98. The van der Waals surface area contributed by atoms with Crippen LogP contribution in [0.5, 0.6) is 0 Å². The Hall–Kier alpha value is -0.700. The van der Waals surface area contributed by atoms with E-state index in [1.54, 1.807) is 13.1 Å². The van der Waals surface area contributed by atoms with E-state index in [1.807, 2.05) is 12.1 Å². The van der Waals surface area contributed by atoms with Crippen LogP contribution < -0.4 is 0 Å². The third-order valence-electron chi connectivity index (χ3n) is 1.22. The molecule has 0 atom stereocenters. The number of carbonyl (C=O) groups is 1. The Labute approximate surface area is 73.8 Å². The van der Waals surface area contributed by atoms with Crippen molar-refractivity contribution in [2.75, 3.05) is 0 Å². The molecule has 0 fully saturated rings. The van der Waals surface area contributed by atoms with E-state index in [4.69, 9.17) is 0 Å². The van der Waals surface area contributed by atoms with Crippen LogP contribution in [-0.2, 0) is 11.2 Å². The Morgan fingerprint density at radius 1 is 1.64 bits per heavy atom. The summed E-state index contributed by atoms with van der Waals surface area (Å²) in [5.41, 5.74) is 0.820. The van der Waals surface area contributed by atoms with Gasteiger partial charge in [-0.3, -0.25) is 9.78 Å². The molecule has 0 saturated heterocycles. The van der Waals surface area contributed by atoms with Gasteiger partial charge in [0, 0.05) is 22.8 Å². The van der Waals surface area contributed by atoms with Crippen LogP contribution in [0.25, 0.3) is 0 Å². The lowest BCUT2D eigenvalue weighted by atomic mass is 10.2. The molecule has 0 aliphatic heterocycles. The highest BCUT2D eigenvalue weighted by Crippen LogP contribution is 2.07. The van der Waals surface area contributed by atoms with Gasteiger partial charge in [0.05, 0.1) is 0 Å². The van der Waals surface area contributed by atoms with Gasteiger partial charge in [0.1, 0.15) is 5.78 Å². The minimum Gasteiger partial charge on any atom is -0.300 e. The van der Waals surface area contributed by atoms with Crippen molar-refractivity contribution < 1.29 is 4.79 Å². The van der Waals surface area contributed by atoms with E-state index in [0.717, 1.165) is 10.2 Å². The summed E-state index contributed by atoms with van der Waals surface area (Å²) in [5.74, 6) is 0.139. The normalized spacial score (nSPS) is 9.64. The van der Waals surface area contributed by atoms with Gasteiger partial charge in [0.2, 0.25) is 0 Å². The second-order valence-corrected chi connectivity index (χ2v) is 3.26. The summed E-state index contributed by atoms with van der Waals surface area (Å²) in [4.78, 5) is 14.7. The Balaban J connectivity index is 2.74. The van der Waals surface area contributed by atoms with E-state index in [9.17, 15) is 4.79 Å². The van der Waals surface area contributed by atoms with E-state index < -0.39 is 0 Å². The maximum atomic E-state index is 10.6. The first-order valence-corrected chi connectivity index (χ1v) is 4.07. The number of pyridine rings is 1. The maximum absolute atomic E-state index is 10.6. The summed E-state index contributed by atoms with van der Waals surface area (Å²) in [6, 6.07) is 3.72. The number of hydrogen-bond donors (Lipinski definition) is 0. The molecule has 0 aromatic carbocycles. The number of carbonyl (C=O) groups excluding carboxylic acids is 1. The van der Waals surface area contributed by atoms with Crippen LogP contribution in [-0.4, -0.2) is 10.8 Å². The lowest BCUT2D eigenvalue weighted by Gasteiger charge is -1.95. The van der Waals surface area contributed by atoms with Gasteiger partial charge in [0.25, 0.3) is 0 Å². The van der Waals surface area contributed by atoms with E-state index in [1.165, 1.54) is 0 Å². The first kappa shape index (κ1) is 8.40. The fourth-order valence-corrected chi connectivity index (χ4v) is 1.00. The Bertz CT molecular complexity index is 255. The molecular weight excluding hydrogens is 206 g/mol. The van der Waals surface area contributed by atoms with Crippen molar-refractivity contribution >= 4 is 21.7 Å². The number of ketones is 1. The molecule has 0 spiro atoms. The molecule has 0 bridgehead atoms. The molecule has 58 valence electrons. The van der Waals surface area contributed by atoms with Crippen molar-refractivity contribution in [3.05, 3.63) is 28.5 Å². The topological polar surface area (TPSA) is 30.0 Å². The van der Waals surface area contributed by atoms with Crippen molar-refractivity contribution in [2.45, 2.75) is 13.3 Å². The standard InChI is InChI=1S/C8H8BrNO/c1-6(11)4-8-3-2-7(9)5-10-8/h2-3,5H,4H2,1H3. The average molecular weight is 214 g/mol. The monoisotopic (exact) mass is 213 g/mol. The fourth-order valence-electron chi connectivity index (χ4n) is 0.766. The van der Waals surface area contributed by atoms with Crippen molar-refractivity contribution in [3.8, 4) is 0 Å². The molecule has 0 amide bonds. The highest BCUT2D eigenvalue weighted by Gasteiger charge is 1.97. The smallest absolute Gasteiger partial charge is 0.135 e. The van der Waals surface area contributed by atoms with Crippen LogP contribution in [0.2, 0.25) is 0 Å². The highest BCUT2D eigenvalue weighted by atomic mass is 79.9. The average Bonchev–Trinajstić information content (AvgIpc) is 1.93. The Morgan fingerprint density at radius 3 is 2.82 bits per heavy atom. The van der Waals surface area contributed by atoms with Crippen LogP contribution >= 0.6 is 15.9 Å². The summed E-state index contributed by atoms with van der Waals surface area (Å²) in [5, 5.41) is 0. The fraction of sp³-hybridized carbons (Fsp3) is 0.250. The van der Waals surface area contributed by atoms with E-state index in [2.05, 4.69) is 20.9 Å². The summed E-state index contributed by atoms with van der Waals surface area (Å²) < 4.78 is 0.935. The highest BCUT2D eigenvalue weighted by molar-refractivity contribution is 9.10. The van der Waals surface area contributed by atoms with Gasteiger partial charge >= 0.3 is 0 Å². The molecule has 2 nitrogen and oxygen atoms in total. The molecule has 0 unspecified atom stereocenters. The molecule has 1 rings (SSSR count). The first-order valence-electron chi connectivity index (χ1n) is 3.28. The predicted molar refractivity (Wildman–Crippen MR) is 46.3 cm³/mol. The zero-order chi connectivity index (χ0) is 8.27. The first-order chi connectivity index (χ1) is 5.18. The number of aromatic nitrogens is 1. The third kappa shape index (κ3) is 2.80. The molecule has 0 radical (unpaired) electrons. The lowest BCUT2D eigenvalue weighted by molar-refractivity contribution is -0.116. The van der Waals surface area contributed by atoms with Crippen molar-refractivity contribution in [1.29, 1.82) is 0 Å². The summed E-state index contributed by atoms with van der Waals surface area (Å²) >= 11 is 3.26. The van der Waals surface area contributed by atoms with Gasteiger partial charge in [-0.25, -0.2) is 0 Å². The number of Topliss-reactive ketones (excluding diaryl/α,β-unsaturated/α-hetero) is 1. The van der Waals surface area contributed by atoms with Crippen LogP contribution in [0.1, 0.15) is 12.6 Å².